The second-order valence-corrected chi connectivity index (χ2v) is 5.81. The number of nitrogens with one attached hydrogen (secondary N) is 1. The molecule has 3 rings (SSSR count). The Morgan fingerprint density at radius 1 is 1.04 bits per heavy atom. The van der Waals surface area contributed by atoms with Gasteiger partial charge in [0.2, 0.25) is 5.91 Å². The zero-order chi connectivity index (χ0) is 15.9. The van der Waals surface area contributed by atoms with Crippen LogP contribution in [0.15, 0.2) is 72.1 Å². The number of nitrogens with zero attached hydrogens (tertiary/aromatic N) is 3. The Bertz CT molecular complexity index is 759. The third-order valence-electron chi connectivity index (χ3n) is 3.22. The Hall–Kier alpha value is -2.60. The molecular formula is C17H16N4OS. The van der Waals surface area contributed by atoms with Crippen molar-refractivity contribution < 1.29 is 4.79 Å². The normalized spacial score (nSPS) is 10.4. The molecule has 3 aromatic rings. The van der Waals surface area contributed by atoms with E-state index in [1.54, 1.807) is 6.33 Å². The van der Waals surface area contributed by atoms with Gasteiger partial charge in [0.25, 0.3) is 0 Å². The van der Waals surface area contributed by atoms with Gasteiger partial charge in [-0.1, -0.05) is 60.3 Å². The average molecular weight is 324 g/mol. The van der Waals surface area contributed by atoms with Crippen molar-refractivity contribution in [2.24, 2.45) is 0 Å². The van der Waals surface area contributed by atoms with Gasteiger partial charge >= 0.3 is 0 Å². The molecule has 0 saturated heterocycles. The van der Waals surface area contributed by atoms with Gasteiger partial charge in [-0.15, -0.1) is 10.2 Å². The molecule has 0 aliphatic heterocycles. The van der Waals surface area contributed by atoms with Crippen LogP contribution in [0, 0.1) is 0 Å². The zero-order valence-corrected chi connectivity index (χ0v) is 13.2. The molecule has 0 bridgehead atoms. The van der Waals surface area contributed by atoms with Crippen molar-refractivity contribution in [3.63, 3.8) is 0 Å². The number of para-hydroxylation sites is 1. The summed E-state index contributed by atoms with van der Waals surface area (Å²) in [6.45, 7) is 0.533. The molecule has 0 saturated carbocycles. The molecule has 0 aliphatic rings. The molecule has 1 amide bonds. The minimum Gasteiger partial charge on any atom is -0.351 e. The Balaban J connectivity index is 1.55. The van der Waals surface area contributed by atoms with Crippen molar-refractivity contribution in [3.8, 4) is 5.69 Å². The Morgan fingerprint density at radius 2 is 1.74 bits per heavy atom. The SMILES string of the molecule is O=C(CSc1nncn1-c1ccccc1)NCc1ccccc1. The maximum atomic E-state index is 12.0. The maximum Gasteiger partial charge on any atom is 0.230 e. The van der Waals surface area contributed by atoms with Crippen LogP contribution in [0.1, 0.15) is 5.56 Å². The van der Waals surface area contributed by atoms with Gasteiger partial charge in [-0.3, -0.25) is 9.36 Å². The summed E-state index contributed by atoms with van der Waals surface area (Å²) in [5.74, 6) is 0.278. The van der Waals surface area contributed by atoms with E-state index in [0.29, 0.717) is 17.5 Å². The Labute approximate surface area is 138 Å². The summed E-state index contributed by atoms with van der Waals surface area (Å²) < 4.78 is 1.87. The number of hydrogen-bond donors (Lipinski definition) is 1. The summed E-state index contributed by atoms with van der Waals surface area (Å²) in [6, 6.07) is 19.7. The molecule has 116 valence electrons. The fourth-order valence-corrected chi connectivity index (χ4v) is 2.82. The van der Waals surface area contributed by atoms with Gasteiger partial charge in [0.1, 0.15) is 6.33 Å². The molecule has 1 aromatic heterocycles. The van der Waals surface area contributed by atoms with Crippen LogP contribution in [0.3, 0.4) is 0 Å². The van der Waals surface area contributed by atoms with Crippen LogP contribution in [0.2, 0.25) is 0 Å². The largest absolute Gasteiger partial charge is 0.351 e. The minimum atomic E-state index is -0.0264. The van der Waals surface area contributed by atoms with Crippen LogP contribution >= 0.6 is 11.8 Å². The van der Waals surface area contributed by atoms with Crippen LogP contribution in [-0.2, 0) is 11.3 Å². The van der Waals surface area contributed by atoms with Crippen LogP contribution in [-0.4, -0.2) is 26.4 Å². The molecule has 1 N–H and O–H groups in total. The van der Waals surface area contributed by atoms with Crippen LogP contribution in [0.25, 0.3) is 5.69 Å². The monoisotopic (exact) mass is 324 g/mol. The van der Waals surface area contributed by atoms with E-state index in [1.807, 2.05) is 65.2 Å². The number of hydrogen-bond acceptors (Lipinski definition) is 4. The maximum absolute atomic E-state index is 12.0. The quantitative estimate of drug-likeness (QED) is 0.708. The van der Waals surface area contributed by atoms with Crippen molar-refractivity contribution in [1.29, 1.82) is 0 Å². The second kappa shape index (κ2) is 7.60. The van der Waals surface area contributed by atoms with E-state index in [9.17, 15) is 4.79 Å². The lowest BCUT2D eigenvalue weighted by Crippen LogP contribution is -2.24. The summed E-state index contributed by atoms with van der Waals surface area (Å²) in [5.41, 5.74) is 2.06. The first-order valence-corrected chi connectivity index (χ1v) is 8.20. The van der Waals surface area contributed by atoms with Crippen LogP contribution in [0.5, 0.6) is 0 Å². The van der Waals surface area contributed by atoms with Crippen molar-refractivity contribution in [2.45, 2.75) is 11.7 Å². The molecule has 0 aliphatic carbocycles. The number of rotatable bonds is 6. The van der Waals surface area contributed by atoms with Gasteiger partial charge in [-0.25, -0.2) is 0 Å². The molecule has 2 aromatic carbocycles. The van der Waals surface area contributed by atoms with Gasteiger partial charge in [0.05, 0.1) is 5.75 Å². The smallest absolute Gasteiger partial charge is 0.230 e. The highest BCUT2D eigenvalue weighted by atomic mass is 32.2. The Kier molecular flexibility index (Phi) is 5.06. The topological polar surface area (TPSA) is 59.8 Å². The number of amides is 1. The predicted molar refractivity (Wildman–Crippen MR) is 90.4 cm³/mol. The molecule has 1 heterocycles. The summed E-state index contributed by atoms with van der Waals surface area (Å²) in [7, 11) is 0. The standard InChI is InChI=1S/C17H16N4OS/c22-16(18-11-14-7-3-1-4-8-14)12-23-17-20-19-13-21(17)15-9-5-2-6-10-15/h1-10,13H,11-12H2,(H,18,22). The lowest BCUT2D eigenvalue weighted by atomic mass is 10.2. The number of carbonyl (C=O) groups excluding carboxylic acids is 1. The van der Waals surface area contributed by atoms with Crippen molar-refractivity contribution in [1.82, 2.24) is 20.1 Å². The first kappa shape index (κ1) is 15.3. The van der Waals surface area contributed by atoms with E-state index in [0.717, 1.165) is 11.3 Å². The van der Waals surface area contributed by atoms with Gasteiger partial charge < -0.3 is 5.32 Å². The van der Waals surface area contributed by atoms with E-state index >= 15 is 0 Å². The van der Waals surface area contributed by atoms with Gasteiger partial charge in [0.15, 0.2) is 5.16 Å². The van der Waals surface area contributed by atoms with Gasteiger partial charge in [-0.2, -0.15) is 0 Å². The highest BCUT2D eigenvalue weighted by Gasteiger charge is 2.09. The molecule has 0 atom stereocenters. The predicted octanol–water partition coefficient (Wildman–Crippen LogP) is 2.68. The third kappa shape index (κ3) is 4.20. The van der Waals surface area contributed by atoms with Crippen molar-refractivity contribution >= 4 is 17.7 Å². The minimum absolute atomic E-state index is 0.0264. The van der Waals surface area contributed by atoms with Crippen molar-refractivity contribution in [2.75, 3.05) is 5.75 Å². The number of benzene rings is 2. The molecular weight excluding hydrogens is 308 g/mol. The third-order valence-corrected chi connectivity index (χ3v) is 4.16. The van der Waals surface area contributed by atoms with E-state index in [-0.39, 0.29) is 5.91 Å². The first-order chi connectivity index (χ1) is 11.3. The lowest BCUT2D eigenvalue weighted by molar-refractivity contribution is -0.118. The summed E-state index contributed by atoms with van der Waals surface area (Å²) in [4.78, 5) is 12.0. The van der Waals surface area contributed by atoms with Crippen molar-refractivity contribution in [3.05, 3.63) is 72.6 Å². The fourth-order valence-electron chi connectivity index (χ4n) is 2.07. The molecule has 0 radical (unpaired) electrons. The van der Waals surface area contributed by atoms with Gasteiger partial charge in [-0.05, 0) is 17.7 Å². The highest BCUT2D eigenvalue weighted by molar-refractivity contribution is 7.99. The summed E-state index contributed by atoms with van der Waals surface area (Å²) >= 11 is 1.37. The van der Waals surface area contributed by atoms with E-state index < -0.39 is 0 Å². The fraction of sp³-hybridized carbons (Fsp3) is 0.118. The second-order valence-electron chi connectivity index (χ2n) is 4.87. The van der Waals surface area contributed by atoms with Crippen LogP contribution < -0.4 is 5.32 Å². The molecule has 6 heteroatoms. The summed E-state index contributed by atoms with van der Waals surface area (Å²) in [5, 5.41) is 11.6. The van der Waals surface area contributed by atoms with Gasteiger partial charge in [0, 0.05) is 12.2 Å². The molecule has 0 unspecified atom stereocenters. The zero-order valence-electron chi connectivity index (χ0n) is 12.4. The number of carbonyl (C=O) groups is 1. The Morgan fingerprint density at radius 3 is 2.48 bits per heavy atom. The lowest BCUT2D eigenvalue weighted by Gasteiger charge is -2.07. The van der Waals surface area contributed by atoms with E-state index in [1.165, 1.54) is 11.8 Å². The van der Waals surface area contributed by atoms with E-state index in [4.69, 9.17) is 0 Å². The summed E-state index contributed by atoms with van der Waals surface area (Å²) in [6.07, 6.45) is 1.65. The number of aromatic nitrogens is 3. The number of thioether (sulfide) groups is 1. The molecule has 0 fully saturated rings. The van der Waals surface area contributed by atoms with E-state index in [2.05, 4.69) is 15.5 Å². The molecule has 5 nitrogen and oxygen atoms in total. The van der Waals surface area contributed by atoms with Crippen LogP contribution in [0.4, 0.5) is 0 Å². The average Bonchev–Trinajstić information content (AvgIpc) is 3.08. The highest BCUT2D eigenvalue weighted by Crippen LogP contribution is 2.18. The molecule has 0 spiro atoms. The molecule has 23 heavy (non-hydrogen) atoms. The first-order valence-electron chi connectivity index (χ1n) is 7.22.